The molecule has 0 saturated heterocycles. The number of benzene rings is 1. The van der Waals surface area contributed by atoms with Crippen LogP contribution in [0.5, 0.6) is 5.75 Å². The van der Waals surface area contributed by atoms with Crippen molar-refractivity contribution in [2.45, 2.75) is 76.9 Å². The summed E-state index contributed by atoms with van der Waals surface area (Å²) in [6.45, 7) is 2.73. The maximum atomic E-state index is 13.7. The zero-order chi connectivity index (χ0) is 23.2. The molecule has 2 aromatic rings. The first-order valence-electron chi connectivity index (χ1n) is 13.5. The maximum Gasteiger partial charge on any atom is 0.157 e. The Hall–Kier alpha value is -1.95. The van der Waals surface area contributed by atoms with Crippen LogP contribution in [0.2, 0.25) is 0 Å². The van der Waals surface area contributed by atoms with Crippen molar-refractivity contribution in [1.29, 1.82) is 0 Å². The van der Waals surface area contributed by atoms with E-state index in [1.807, 2.05) is 18.2 Å². The first-order valence-corrected chi connectivity index (χ1v) is 13.5. The molecule has 5 saturated carbocycles. The molecule has 5 fully saturated rings. The molecule has 5 aliphatic carbocycles. The standard InChI is InChI=1S/C28H37N3O3/c1-27-12-10-16-17-11-13-28(33)14-22(28)19(17)7-6-18(16)20(27)8-9-21(27)24(32)15-31-23-4-3-5-25(34-2)26(23)29-30-31/h3-5,16-22,33H,6-15H2,1-2H3/t16-,17-,18-,19+,20+,21-,22?,27+,28+/m1/s1. The molecule has 1 aromatic heterocycles. The van der Waals surface area contributed by atoms with Gasteiger partial charge in [-0.2, -0.15) is 0 Å². The minimum absolute atomic E-state index is 0.119. The van der Waals surface area contributed by atoms with Crippen LogP contribution in [0.4, 0.5) is 0 Å². The van der Waals surface area contributed by atoms with E-state index in [0.717, 1.165) is 54.0 Å². The highest BCUT2D eigenvalue weighted by atomic mass is 16.5. The summed E-state index contributed by atoms with van der Waals surface area (Å²) in [6, 6.07) is 5.79. The zero-order valence-electron chi connectivity index (χ0n) is 20.4. The second kappa shape index (κ2) is 7.28. The van der Waals surface area contributed by atoms with Crippen molar-refractivity contribution < 1.29 is 14.6 Å². The number of ether oxygens (including phenoxy) is 1. The number of carbonyl (C=O) groups excluding carboxylic acids is 1. The van der Waals surface area contributed by atoms with Crippen molar-refractivity contribution in [3.63, 3.8) is 0 Å². The van der Waals surface area contributed by atoms with Gasteiger partial charge < -0.3 is 9.84 Å². The summed E-state index contributed by atoms with van der Waals surface area (Å²) in [5.41, 5.74) is 1.42. The minimum Gasteiger partial charge on any atom is -0.494 e. The number of nitrogens with zero attached hydrogens (tertiary/aromatic N) is 3. The van der Waals surface area contributed by atoms with Gasteiger partial charge in [-0.1, -0.05) is 18.2 Å². The van der Waals surface area contributed by atoms with Gasteiger partial charge in [0.05, 0.1) is 18.2 Å². The molecule has 7 rings (SSSR count). The average Bonchev–Trinajstić information content (AvgIpc) is 3.18. The highest BCUT2D eigenvalue weighted by molar-refractivity contribution is 5.85. The summed E-state index contributed by atoms with van der Waals surface area (Å²) in [7, 11) is 1.64. The van der Waals surface area contributed by atoms with Crippen molar-refractivity contribution in [3.05, 3.63) is 18.2 Å². The molecular formula is C28H37N3O3. The molecule has 1 heterocycles. The molecule has 6 heteroatoms. The fraction of sp³-hybridized carbons (Fsp3) is 0.750. The first kappa shape index (κ1) is 21.3. The monoisotopic (exact) mass is 463 g/mol. The lowest BCUT2D eigenvalue weighted by Crippen LogP contribution is -2.50. The minimum atomic E-state index is -0.294. The van der Waals surface area contributed by atoms with Gasteiger partial charge in [0.15, 0.2) is 11.3 Å². The van der Waals surface area contributed by atoms with E-state index in [4.69, 9.17) is 4.74 Å². The van der Waals surface area contributed by atoms with Crippen LogP contribution >= 0.6 is 0 Å². The first-order chi connectivity index (χ1) is 16.4. The number of ketones is 1. The lowest BCUT2D eigenvalue weighted by molar-refractivity contribution is -0.131. The fourth-order valence-electron chi connectivity index (χ4n) is 9.72. The van der Waals surface area contributed by atoms with Crippen molar-refractivity contribution >= 4 is 16.8 Å². The van der Waals surface area contributed by atoms with Gasteiger partial charge >= 0.3 is 0 Å². The summed E-state index contributed by atoms with van der Waals surface area (Å²) >= 11 is 0. The third-order valence-electron chi connectivity index (χ3n) is 11.4. The van der Waals surface area contributed by atoms with Gasteiger partial charge in [-0.25, -0.2) is 4.68 Å². The molecule has 0 spiro atoms. The molecule has 0 amide bonds. The number of methoxy groups -OCH3 is 1. The largest absolute Gasteiger partial charge is 0.494 e. The molecule has 6 nitrogen and oxygen atoms in total. The van der Waals surface area contributed by atoms with Crippen LogP contribution in [0.3, 0.4) is 0 Å². The zero-order valence-corrected chi connectivity index (χ0v) is 20.4. The van der Waals surface area contributed by atoms with E-state index in [2.05, 4.69) is 17.2 Å². The predicted molar refractivity (Wildman–Crippen MR) is 128 cm³/mol. The molecule has 1 N–H and O–H groups in total. The Morgan fingerprint density at radius 3 is 2.62 bits per heavy atom. The number of rotatable bonds is 4. The number of hydrogen-bond donors (Lipinski definition) is 1. The van der Waals surface area contributed by atoms with Gasteiger partial charge in [0, 0.05) is 5.92 Å². The summed E-state index contributed by atoms with van der Waals surface area (Å²) in [4.78, 5) is 13.7. The number of hydrogen-bond acceptors (Lipinski definition) is 5. The van der Waals surface area contributed by atoms with E-state index in [1.165, 1.54) is 38.5 Å². The third-order valence-corrected chi connectivity index (χ3v) is 11.4. The van der Waals surface area contributed by atoms with Crippen molar-refractivity contribution in [2.24, 2.45) is 46.8 Å². The highest BCUT2D eigenvalue weighted by Crippen LogP contribution is 2.68. The molecule has 9 atom stereocenters. The lowest BCUT2D eigenvalue weighted by atomic mass is 9.49. The highest BCUT2D eigenvalue weighted by Gasteiger charge is 2.65. The van der Waals surface area contributed by atoms with Gasteiger partial charge in [0.25, 0.3) is 0 Å². The van der Waals surface area contributed by atoms with Gasteiger partial charge in [-0.3, -0.25) is 4.79 Å². The van der Waals surface area contributed by atoms with E-state index in [9.17, 15) is 9.90 Å². The second-order valence-corrected chi connectivity index (χ2v) is 12.5. The third kappa shape index (κ3) is 2.87. The quantitative estimate of drug-likeness (QED) is 0.715. The molecular weight excluding hydrogens is 426 g/mol. The predicted octanol–water partition coefficient (Wildman–Crippen LogP) is 4.64. The molecule has 5 aliphatic rings. The van der Waals surface area contributed by atoms with E-state index in [-0.39, 0.29) is 16.9 Å². The average molecular weight is 464 g/mol. The van der Waals surface area contributed by atoms with E-state index < -0.39 is 0 Å². The van der Waals surface area contributed by atoms with E-state index in [1.54, 1.807) is 11.8 Å². The van der Waals surface area contributed by atoms with Gasteiger partial charge in [0.1, 0.15) is 12.3 Å². The smallest absolute Gasteiger partial charge is 0.157 e. The number of fused-ring (bicyclic) bond motifs is 8. The number of aliphatic hydroxyl groups is 1. The second-order valence-electron chi connectivity index (χ2n) is 12.5. The van der Waals surface area contributed by atoms with Crippen LogP contribution in [-0.4, -0.2) is 38.6 Å². The SMILES string of the molecule is COc1cccc2c1nnn2CC(=O)[C@H]1CC[C@H]2[C@@H]3CC[C@@H]4C5C[C@@]5(O)CC[C@@H]4[C@H]3CC[C@]12C. The van der Waals surface area contributed by atoms with Crippen LogP contribution in [-0.2, 0) is 11.3 Å². The Bertz CT molecular complexity index is 1150. The summed E-state index contributed by atoms with van der Waals surface area (Å²) in [5.74, 6) is 5.60. The Balaban J connectivity index is 1.10. The Labute approximate surface area is 201 Å². The van der Waals surface area contributed by atoms with Crippen LogP contribution in [0.1, 0.15) is 64.7 Å². The van der Waals surface area contributed by atoms with Gasteiger partial charge in [-0.05, 0) is 111 Å². The fourth-order valence-corrected chi connectivity index (χ4v) is 9.72. The van der Waals surface area contributed by atoms with Crippen LogP contribution in [0.25, 0.3) is 11.0 Å². The summed E-state index contributed by atoms with van der Waals surface area (Å²) in [6.07, 6.45) is 10.6. The molecule has 0 radical (unpaired) electrons. The van der Waals surface area contributed by atoms with Crippen molar-refractivity contribution in [2.75, 3.05) is 7.11 Å². The lowest BCUT2D eigenvalue weighted by Gasteiger charge is -2.56. The molecule has 1 aromatic carbocycles. The molecule has 0 aliphatic heterocycles. The topological polar surface area (TPSA) is 77.2 Å². The Morgan fingerprint density at radius 2 is 1.82 bits per heavy atom. The number of Topliss-reactive ketones (excluding diaryl/α,β-unsaturated/α-hetero) is 1. The van der Waals surface area contributed by atoms with Crippen molar-refractivity contribution in [1.82, 2.24) is 15.0 Å². The van der Waals surface area contributed by atoms with E-state index >= 15 is 0 Å². The normalized spacial score (nSPS) is 44.6. The number of carbonyl (C=O) groups is 1. The van der Waals surface area contributed by atoms with Crippen LogP contribution in [0.15, 0.2) is 18.2 Å². The molecule has 34 heavy (non-hydrogen) atoms. The Kier molecular flexibility index (Phi) is 4.57. The Morgan fingerprint density at radius 1 is 1.06 bits per heavy atom. The van der Waals surface area contributed by atoms with Crippen molar-refractivity contribution in [3.8, 4) is 5.75 Å². The van der Waals surface area contributed by atoms with Crippen LogP contribution in [0, 0.1) is 46.8 Å². The maximum absolute atomic E-state index is 13.7. The molecule has 182 valence electrons. The van der Waals surface area contributed by atoms with Gasteiger partial charge in [-0.15, -0.1) is 5.10 Å². The summed E-state index contributed by atoms with van der Waals surface area (Å²) in [5, 5.41) is 19.3. The van der Waals surface area contributed by atoms with Gasteiger partial charge in [0.2, 0.25) is 0 Å². The molecule has 0 bridgehead atoms. The van der Waals surface area contributed by atoms with E-state index in [0.29, 0.717) is 29.9 Å². The number of aromatic nitrogens is 3. The molecule has 1 unspecified atom stereocenters. The van der Waals surface area contributed by atoms with Crippen LogP contribution < -0.4 is 4.74 Å². The summed E-state index contributed by atoms with van der Waals surface area (Å²) < 4.78 is 7.19.